The van der Waals surface area contributed by atoms with Gasteiger partial charge in [-0.25, -0.2) is 0 Å². The van der Waals surface area contributed by atoms with Gasteiger partial charge in [0.25, 0.3) is 0 Å². The van der Waals surface area contributed by atoms with Crippen LogP contribution in [0.5, 0.6) is 0 Å². The Morgan fingerprint density at radius 1 is 1.50 bits per heavy atom. The molecule has 0 bridgehead atoms. The lowest BCUT2D eigenvalue weighted by atomic mass is 9.89. The Morgan fingerprint density at radius 2 is 2.21 bits per heavy atom. The Bertz CT molecular complexity index is 251. The highest BCUT2D eigenvalue weighted by molar-refractivity contribution is 7.09. The third kappa shape index (κ3) is 3.78. The summed E-state index contributed by atoms with van der Waals surface area (Å²) in [6.07, 6.45) is -0.289. The smallest absolute Gasteiger partial charge is 0.0712 e. The highest BCUT2D eigenvalue weighted by Gasteiger charge is 2.21. The molecule has 0 aromatic carbocycles. The van der Waals surface area contributed by atoms with Crippen LogP contribution in [0.3, 0.4) is 0 Å². The van der Waals surface area contributed by atoms with E-state index in [0.29, 0.717) is 6.54 Å². The molecule has 1 aromatic rings. The highest BCUT2D eigenvalue weighted by atomic mass is 32.1. The molecule has 2 N–H and O–H groups in total. The maximum absolute atomic E-state index is 9.76. The van der Waals surface area contributed by atoms with Crippen molar-refractivity contribution in [1.82, 2.24) is 5.32 Å². The molecule has 14 heavy (non-hydrogen) atoms. The minimum atomic E-state index is -0.289. The molecule has 0 saturated carbocycles. The van der Waals surface area contributed by atoms with Crippen molar-refractivity contribution in [2.45, 2.75) is 33.4 Å². The molecule has 3 heteroatoms. The molecule has 1 heterocycles. The zero-order chi connectivity index (χ0) is 10.6. The molecule has 0 aliphatic carbocycles. The molecule has 0 saturated heterocycles. The van der Waals surface area contributed by atoms with Gasteiger partial charge in [0.2, 0.25) is 0 Å². The van der Waals surface area contributed by atoms with E-state index in [2.05, 4.69) is 16.8 Å². The molecule has 0 radical (unpaired) electrons. The van der Waals surface area contributed by atoms with Gasteiger partial charge in [-0.15, -0.1) is 11.3 Å². The molecular formula is C11H19NOS. The van der Waals surface area contributed by atoms with E-state index >= 15 is 0 Å². The van der Waals surface area contributed by atoms with Gasteiger partial charge in [-0.3, -0.25) is 0 Å². The summed E-state index contributed by atoms with van der Waals surface area (Å²) in [4.78, 5) is 1.31. The van der Waals surface area contributed by atoms with Crippen LogP contribution in [-0.4, -0.2) is 17.8 Å². The maximum Gasteiger partial charge on any atom is 0.0712 e. The van der Waals surface area contributed by atoms with Crippen molar-refractivity contribution in [2.75, 3.05) is 6.54 Å². The largest absolute Gasteiger partial charge is 0.391 e. The molecule has 1 aromatic heterocycles. The molecule has 0 aliphatic rings. The van der Waals surface area contributed by atoms with Crippen LogP contribution in [-0.2, 0) is 6.54 Å². The van der Waals surface area contributed by atoms with Crippen LogP contribution in [0, 0.1) is 5.41 Å². The molecule has 0 aliphatic heterocycles. The van der Waals surface area contributed by atoms with Crippen molar-refractivity contribution >= 4 is 11.3 Å². The van der Waals surface area contributed by atoms with E-state index in [9.17, 15) is 5.11 Å². The summed E-state index contributed by atoms with van der Waals surface area (Å²) in [6, 6.07) is 4.14. The number of hydrogen-bond acceptors (Lipinski definition) is 3. The van der Waals surface area contributed by atoms with Crippen LogP contribution in [0.4, 0.5) is 0 Å². The van der Waals surface area contributed by atoms with Crippen molar-refractivity contribution in [3.05, 3.63) is 22.4 Å². The molecular weight excluding hydrogens is 194 g/mol. The van der Waals surface area contributed by atoms with E-state index in [4.69, 9.17) is 0 Å². The van der Waals surface area contributed by atoms with Crippen LogP contribution in [0.2, 0.25) is 0 Å². The Morgan fingerprint density at radius 3 is 2.71 bits per heavy atom. The number of hydrogen-bond donors (Lipinski definition) is 2. The number of nitrogens with one attached hydrogen (secondary N) is 1. The van der Waals surface area contributed by atoms with Gasteiger partial charge in [-0.1, -0.05) is 26.8 Å². The number of aliphatic hydroxyl groups is 1. The van der Waals surface area contributed by atoms with E-state index in [-0.39, 0.29) is 11.5 Å². The van der Waals surface area contributed by atoms with E-state index < -0.39 is 0 Å². The first kappa shape index (κ1) is 11.7. The second-order valence-electron chi connectivity index (χ2n) is 4.59. The summed E-state index contributed by atoms with van der Waals surface area (Å²) in [5.41, 5.74) is -0.0392. The quantitative estimate of drug-likeness (QED) is 0.804. The van der Waals surface area contributed by atoms with Crippen molar-refractivity contribution in [1.29, 1.82) is 0 Å². The fraction of sp³-hybridized carbons (Fsp3) is 0.636. The predicted octanol–water partition coefficient (Wildman–Crippen LogP) is 2.24. The minimum Gasteiger partial charge on any atom is -0.391 e. The van der Waals surface area contributed by atoms with E-state index in [1.807, 2.05) is 26.8 Å². The van der Waals surface area contributed by atoms with Gasteiger partial charge < -0.3 is 10.4 Å². The summed E-state index contributed by atoms with van der Waals surface area (Å²) in [5, 5.41) is 15.1. The average molecular weight is 213 g/mol. The fourth-order valence-corrected chi connectivity index (χ4v) is 1.73. The standard InChI is InChI=1S/C11H19NOS/c1-11(2,3)10(13)8-12-7-9-5-4-6-14-9/h4-6,10,12-13H,7-8H2,1-3H3. The van der Waals surface area contributed by atoms with Crippen LogP contribution in [0.1, 0.15) is 25.6 Å². The molecule has 1 rings (SSSR count). The lowest BCUT2D eigenvalue weighted by Crippen LogP contribution is -2.36. The van der Waals surface area contributed by atoms with Gasteiger partial charge in [0, 0.05) is 18.0 Å². The van der Waals surface area contributed by atoms with Crippen molar-refractivity contribution in [2.24, 2.45) is 5.41 Å². The van der Waals surface area contributed by atoms with Gasteiger partial charge in [0.15, 0.2) is 0 Å². The Labute approximate surface area is 90.0 Å². The molecule has 0 fully saturated rings. The zero-order valence-corrected chi connectivity index (χ0v) is 9.90. The van der Waals surface area contributed by atoms with Gasteiger partial charge in [0.1, 0.15) is 0 Å². The summed E-state index contributed by atoms with van der Waals surface area (Å²) < 4.78 is 0. The van der Waals surface area contributed by atoms with E-state index in [1.54, 1.807) is 11.3 Å². The van der Waals surface area contributed by atoms with Crippen molar-refractivity contribution in [3.63, 3.8) is 0 Å². The summed E-state index contributed by atoms with van der Waals surface area (Å²) in [6.45, 7) is 7.64. The summed E-state index contributed by atoms with van der Waals surface area (Å²) in [7, 11) is 0. The summed E-state index contributed by atoms with van der Waals surface area (Å²) in [5.74, 6) is 0. The fourth-order valence-electron chi connectivity index (χ4n) is 1.05. The van der Waals surface area contributed by atoms with Crippen molar-refractivity contribution in [3.8, 4) is 0 Å². The predicted molar refractivity (Wildman–Crippen MR) is 61.5 cm³/mol. The van der Waals surface area contributed by atoms with Crippen LogP contribution in [0.25, 0.3) is 0 Å². The lowest BCUT2D eigenvalue weighted by molar-refractivity contribution is 0.0628. The van der Waals surface area contributed by atoms with Crippen LogP contribution < -0.4 is 5.32 Å². The Balaban J connectivity index is 2.22. The van der Waals surface area contributed by atoms with Gasteiger partial charge >= 0.3 is 0 Å². The first-order chi connectivity index (χ1) is 6.50. The molecule has 1 atom stereocenters. The second-order valence-corrected chi connectivity index (χ2v) is 5.62. The topological polar surface area (TPSA) is 32.3 Å². The molecule has 0 amide bonds. The number of rotatable bonds is 4. The van der Waals surface area contributed by atoms with Gasteiger partial charge in [0.05, 0.1) is 6.10 Å². The van der Waals surface area contributed by atoms with E-state index in [1.165, 1.54) is 4.88 Å². The van der Waals surface area contributed by atoms with Crippen LogP contribution in [0.15, 0.2) is 17.5 Å². The summed E-state index contributed by atoms with van der Waals surface area (Å²) >= 11 is 1.74. The van der Waals surface area contributed by atoms with Gasteiger partial charge in [-0.05, 0) is 16.9 Å². The monoisotopic (exact) mass is 213 g/mol. The normalized spacial score (nSPS) is 14.3. The third-order valence-electron chi connectivity index (χ3n) is 2.22. The SMILES string of the molecule is CC(C)(C)C(O)CNCc1cccs1. The third-order valence-corrected chi connectivity index (χ3v) is 3.09. The first-order valence-corrected chi connectivity index (χ1v) is 5.79. The number of thiophene rings is 1. The molecule has 0 spiro atoms. The van der Waals surface area contributed by atoms with Crippen molar-refractivity contribution < 1.29 is 5.11 Å². The zero-order valence-electron chi connectivity index (χ0n) is 9.08. The maximum atomic E-state index is 9.76. The molecule has 80 valence electrons. The highest BCUT2D eigenvalue weighted by Crippen LogP contribution is 2.18. The lowest BCUT2D eigenvalue weighted by Gasteiger charge is -2.25. The molecule has 2 nitrogen and oxygen atoms in total. The Kier molecular flexibility index (Phi) is 4.11. The average Bonchev–Trinajstić information content (AvgIpc) is 2.55. The first-order valence-electron chi connectivity index (χ1n) is 4.91. The number of aliphatic hydroxyl groups excluding tert-OH is 1. The molecule has 1 unspecified atom stereocenters. The minimum absolute atomic E-state index is 0.0392. The van der Waals surface area contributed by atoms with Gasteiger partial charge in [-0.2, -0.15) is 0 Å². The Hall–Kier alpha value is -0.380. The van der Waals surface area contributed by atoms with E-state index in [0.717, 1.165) is 6.54 Å². The van der Waals surface area contributed by atoms with Crippen LogP contribution >= 0.6 is 11.3 Å². The second kappa shape index (κ2) is 4.91.